The first-order valence-corrected chi connectivity index (χ1v) is 8.37. The Kier molecular flexibility index (Phi) is 2.79. The van der Waals surface area contributed by atoms with Crippen LogP contribution in [0.1, 0.15) is 28.7 Å². The molecule has 2 bridgehead atoms. The summed E-state index contributed by atoms with van der Waals surface area (Å²) in [4.78, 5) is 0. The number of hydrogen-bond acceptors (Lipinski definition) is 2. The molecular formula is C22H18O2. The van der Waals surface area contributed by atoms with E-state index in [1.54, 1.807) is 0 Å². The maximum Gasteiger partial charge on any atom is 0.146 e. The summed E-state index contributed by atoms with van der Waals surface area (Å²) in [6.07, 6.45) is -0.00173. The van der Waals surface area contributed by atoms with Crippen LogP contribution in [0.4, 0.5) is 0 Å². The molecule has 2 aliphatic heterocycles. The van der Waals surface area contributed by atoms with Gasteiger partial charge in [0, 0.05) is 6.42 Å². The lowest BCUT2D eigenvalue weighted by Crippen LogP contribution is -2.37. The van der Waals surface area contributed by atoms with E-state index in [0.717, 1.165) is 16.7 Å². The van der Waals surface area contributed by atoms with E-state index in [2.05, 4.69) is 30.3 Å². The van der Waals surface area contributed by atoms with Crippen molar-refractivity contribution in [1.29, 1.82) is 0 Å². The minimum Gasteiger partial charge on any atom is -0.389 e. The third-order valence-electron chi connectivity index (χ3n) is 5.49. The SMILES string of the molecule is O[C@@H]1C[C@]2(c3ccccc3)O[C@@]1(c1ccccc1)c1ccccc12. The number of benzene rings is 3. The fraction of sp³-hybridized carbons (Fsp3) is 0.182. The molecule has 1 fully saturated rings. The molecule has 2 nitrogen and oxygen atoms in total. The van der Waals surface area contributed by atoms with Crippen LogP contribution in [0.25, 0.3) is 0 Å². The first kappa shape index (κ1) is 14.0. The van der Waals surface area contributed by atoms with Crippen molar-refractivity contribution in [1.82, 2.24) is 0 Å². The Labute approximate surface area is 141 Å². The van der Waals surface area contributed by atoms with Crippen LogP contribution in [0.5, 0.6) is 0 Å². The van der Waals surface area contributed by atoms with Crippen LogP contribution >= 0.6 is 0 Å². The maximum atomic E-state index is 11.1. The summed E-state index contributed by atoms with van der Waals surface area (Å²) in [5, 5.41) is 11.1. The van der Waals surface area contributed by atoms with E-state index in [1.165, 1.54) is 5.56 Å². The molecule has 2 aliphatic rings. The number of fused-ring (bicyclic) bond motifs is 5. The Bertz CT molecular complexity index is 890. The van der Waals surface area contributed by atoms with Crippen LogP contribution < -0.4 is 0 Å². The van der Waals surface area contributed by atoms with Crippen LogP contribution in [0.15, 0.2) is 84.9 Å². The predicted molar refractivity (Wildman–Crippen MR) is 92.6 cm³/mol. The van der Waals surface area contributed by atoms with Crippen molar-refractivity contribution in [3.63, 3.8) is 0 Å². The van der Waals surface area contributed by atoms with Gasteiger partial charge in [0.15, 0.2) is 0 Å². The summed E-state index contributed by atoms with van der Waals surface area (Å²) in [6.45, 7) is 0. The van der Waals surface area contributed by atoms with E-state index in [-0.39, 0.29) is 0 Å². The molecule has 3 atom stereocenters. The smallest absolute Gasteiger partial charge is 0.146 e. The van der Waals surface area contributed by atoms with Crippen LogP contribution in [-0.2, 0) is 15.9 Å². The van der Waals surface area contributed by atoms with Crippen molar-refractivity contribution in [2.24, 2.45) is 0 Å². The molecule has 2 heteroatoms. The summed E-state index contributed by atoms with van der Waals surface area (Å²) < 4.78 is 6.75. The van der Waals surface area contributed by atoms with Crippen molar-refractivity contribution in [3.05, 3.63) is 107 Å². The Balaban J connectivity index is 1.81. The lowest BCUT2D eigenvalue weighted by molar-refractivity contribution is -0.0682. The van der Waals surface area contributed by atoms with Gasteiger partial charge in [-0.05, 0) is 22.3 Å². The summed E-state index contributed by atoms with van der Waals surface area (Å²) in [5.74, 6) is 0. The van der Waals surface area contributed by atoms with Gasteiger partial charge in [0.05, 0.1) is 6.10 Å². The maximum absolute atomic E-state index is 11.1. The standard InChI is InChI=1S/C22H18O2/c23-20-15-21(16-9-3-1-4-10-16)18-13-7-8-14-19(18)22(20,24-21)17-11-5-2-6-12-17/h1-14,20,23H,15H2/t20-,21-,22+/m1/s1. The molecule has 0 unspecified atom stereocenters. The number of ether oxygens (including phenoxy) is 1. The molecule has 3 aromatic rings. The summed E-state index contributed by atoms with van der Waals surface area (Å²) >= 11 is 0. The average molecular weight is 314 g/mol. The second-order valence-electron chi connectivity index (χ2n) is 6.66. The zero-order chi connectivity index (χ0) is 16.2. The molecule has 3 aromatic carbocycles. The highest BCUT2D eigenvalue weighted by atomic mass is 16.6. The summed E-state index contributed by atoms with van der Waals surface area (Å²) in [6, 6.07) is 28.7. The van der Waals surface area contributed by atoms with Crippen LogP contribution in [0, 0.1) is 0 Å². The summed E-state index contributed by atoms with van der Waals surface area (Å²) in [5.41, 5.74) is 3.01. The van der Waals surface area contributed by atoms with Crippen molar-refractivity contribution in [2.45, 2.75) is 23.7 Å². The molecule has 0 spiro atoms. The van der Waals surface area contributed by atoms with Crippen LogP contribution in [0.2, 0.25) is 0 Å². The zero-order valence-electron chi connectivity index (χ0n) is 13.2. The van der Waals surface area contributed by atoms with E-state index in [1.807, 2.05) is 54.6 Å². The van der Waals surface area contributed by atoms with Gasteiger partial charge in [-0.25, -0.2) is 0 Å². The lowest BCUT2D eigenvalue weighted by Gasteiger charge is -2.32. The molecule has 0 radical (unpaired) electrons. The molecule has 1 saturated heterocycles. The lowest BCUT2D eigenvalue weighted by atomic mass is 9.70. The second-order valence-corrected chi connectivity index (χ2v) is 6.66. The molecule has 5 rings (SSSR count). The highest BCUT2D eigenvalue weighted by molar-refractivity contribution is 5.56. The van der Waals surface area contributed by atoms with Crippen molar-refractivity contribution in [3.8, 4) is 0 Å². The Hall–Kier alpha value is -2.42. The van der Waals surface area contributed by atoms with E-state index < -0.39 is 17.3 Å². The van der Waals surface area contributed by atoms with E-state index >= 15 is 0 Å². The molecule has 0 aromatic heterocycles. The summed E-state index contributed by atoms with van der Waals surface area (Å²) in [7, 11) is 0. The second kappa shape index (κ2) is 4.79. The first-order valence-electron chi connectivity index (χ1n) is 8.37. The largest absolute Gasteiger partial charge is 0.389 e. The number of hydrogen-bond donors (Lipinski definition) is 1. The normalized spacial score (nSPS) is 30.3. The van der Waals surface area contributed by atoms with Crippen molar-refractivity contribution >= 4 is 0 Å². The number of rotatable bonds is 2. The van der Waals surface area contributed by atoms with E-state index in [9.17, 15) is 5.11 Å². The molecule has 1 N–H and O–H groups in total. The van der Waals surface area contributed by atoms with Gasteiger partial charge in [0.25, 0.3) is 0 Å². The Morgan fingerprint density at radius 2 is 1.25 bits per heavy atom. The van der Waals surface area contributed by atoms with Gasteiger partial charge in [0.2, 0.25) is 0 Å². The third kappa shape index (κ3) is 1.57. The average Bonchev–Trinajstić information content (AvgIpc) is 3.14. The first-order chi connectivity index (χ1) is 11.8. The molecule has 0 amide bonds. The van der Waals surface area contributed by atoms with E-state index in [4.69, 9.17) is 4.74 Å². The minimum atomic E-state index is -0.784. The van der Waals surface area contributed by atoms with Gasteiger partial charge in [0.1, 0.15) is 11.2 Å². The van der Waals surface area contributed by atoms with Gasteiger partial charge in [-0.2, -0.15) is 0 Å². The highest BCUT2D eigenvalue weighted by Crippen LogP contribution is 2.63. The molecule has 118 valence electrons. The van der Waals surface area contributed by atoms with Gasteiger partial charge < -0.3 is 9.84 Å². The highest BCUT2D eigenvalue weighted by Gasteiger charge is 2.65. The quantitative estimate of drug-likeness (QED) is 0.775. The van der Waals surface area contributed by atoms with Gasteiger partial charge in [-0.15, -0.1) is 0 Å². The fourth-order valence-electron chi connectivity index (χ4n) is 4.49. The minimum absolute atomic E-state index is 0.572. The Morgan fingerprint density at radius 1 is 0.708 bits per heavy atom. The van der Waals surface area contributed by atoms with Gasteiger partial charge in [-0.3, -0.25) is 0 Å². The van der Waals surface area contributed by atoms with Crippen LogP contribution in [0.3, 0.4) is 0 Å². The molecule has 0 aliphatic carbocycles. The molecular weight excluding hydrogens is 296 g/mol. The number of aliphatic hydroxyl groups is 1. The third-order valence-corrected chi connectivity index (χ3v) is 5.49. The predicted octanol–water partition coefficient (Wildman–Crippen LogP) is 3.97. The van der Waals surface area contributed by atoms with E-state index in [0.29, 0.717) is 6.42 Å². The molecule has 0 saturated carbocycles. The number of aliphatic hydroxyl groups excluding tert-OH is 1. The monoisotopic (exact) mass is 314 g/mol. The Morgan fingerprint density at radius 3 is 1.92 bits per heavy atom. The van der Waals surface area contributed by atoms with Crippen LogP contribution in [-0.4, -0.2) is 11.2 Å². The van der Waals surface area contributed by atoms with Gasteiger partial charge >= 0.3 is 0 Å². The molecule has 24 heavy (non-hydrogen) atoms. The zero-order valence-corrected chi connectivity index (χ0v) is 13.2. The van der Waals surface area contributed by atoms with Crippen molar-refractivity contribution < 1.29 is 9.84 Å². The topological polar surface area (TPSA) is 29.5 Å². The molecule has 2 heterocycles. The van der Waals surface area contributed by atoms with Crippen molar-refractivity contribution in [2.75, 3.05) is 0 Å². The van der Waals surface area contributed by atoms with Gasteiger partial charge in [-0.1, -0.05) is 84.9 Å². The fourth-order valence-corrected chi connectivity index (χ4v) is 4.49.